The molecular weight excluding hydrogens is 628 g/mol. The minimum absolute atomic E-state index is 0.103. The molecule has 0 saturated carbocycles. The molecule has 3 rings (SSSR count). The molecule has 0 aromatic heterocycles. The van der Waals surface area contributed by atoms with Gasteiger partial charge in [0, 0.05) is 13.2 Å². The Labute approximate surface area is 280 Å². The Hall–Kier alpha value is -3.92. The van der Waals surface area contributed by atoms with Gasteiger partial charge in [0.1, 0.15) is 11.6 Å². The summed E-state index contributed by atoms with van der Waals surface area (Å²) in [7, 11) is 0. The molecule has 10 heteroatoms. The predicted molar refractivity (Wildman–Crippen MR) is 178 cm³/mol. The van der Waals surface area contributed by atoms with Crippen LogP contribution in [0.1, 0.15) is 105 Å². The van der Waals surface area contributed by atoms with Crippen LogP contribution < -0.4 is 4.74 Å². The van der Waals surface area contributed by atoms with Crippen molar-refractivity contribution >= 4 is 11.9 Å². The summed E-state index contributed by atoms with van der Waals surface area (Å²) in [4.78, 5) is 24.1. The molecule has 262 valence electrons. The Kier molecular flexibility index (Phi) is 15.9. The average Bonchev–Trinajstić information content (AvgIpc) is 3.06. The van der Waals surface area contributed by atoms with Crippen LogP contribution in [-0.2, 0) is 9.47 Å². The van der Waals surface area contributed by atoms with Gasteiger partial charge < -0.3 is 19.3 Å². The van der Waals surface area contributed by atoms with Gasteiger partial charge in [-0.1, -0.05) is 76.1 Å². The van der Waals surface area contributed by atoms with Gasteiger partial charge in [-0.3, -0.25) is 0 Å². The second-order valence-corrected chi connectivity index (χ2v) is 11.7. The van der Waals surface area contributed by atoms with Crippen molar-refractivity contribution in [3.8, 4) is 28.0 Å². The largest absolute Gasteiger partial charge is 0.494 e. The Morgan fingerprint density at radius 3 is 2.04 bits per heavy atom. The molecule has 0 heterocycles. The van der Waals surface area contributed by atoms with E-state index in [9.17, 15) is 27.9 Å². The van der Waals surface area contributed by atoms with Crippen LogP contribution in [-0.4, -0.2) is 49.1 Å². The van der Waals surface area contributed by atoms with E-state index in [-0.39, 0.29) is 12.0 Å². The van der Waals surface area contributed by atoms with Crippen molar-refractivity contribution in [1.82, 2.24) is 0 Å². The maximum absolute atomic E-state index is 15.4. The number of carboxylic acids is 1. The maximum Gasteiger partial charge on any atom is 0.425 e. The van der Waals surface area contributed by atoms with Crippen molar-refractivity contribution in [2.75, 3.05) is 19.8 Å². The summed E-state index contributed by atoms with van der Waals surface area (Å²) in [5, 5.41) is 9.31. The summed E-state index contributed by atoms with van der Waals surface area (Å²) in [6, 6.07) is 15.1. The van der Waals surface area contributed by atoms with Crippen LogP contribution >= 0.6 is 0 Å². The van der Waals surface area contributed by atoms with Crippen LogP contribution in [0.3, 0.4) is 0 Å². The molecule has 0 aliphatic rings. The second kappa shape index (κ2) is 19.8. The van der Waals surface area contributed by atoms with Crippen LogP contribution in [0, 0.1) is 5.82 Å². The number of hydrogen-bond donors (Lipinski definition) is 1. The quantitative estimate of drug-likeness (QED) is 0.0688. The number of benzene rings is 3. The van der Waals surface area contributed by atoms with Crippen LogP contribution in [0.15, 0.2) is 60.7 Å². The minimum atomic E-state index is -4.80. The first kappa shape index (κ1) is 38.5. The molecule has 1 N–H and O–H groups in total. The molecule has 0 aliphatic heterocycles. The van der Waals surface area contributed by atoms with E-state index in [1.807, 2.05) is 6.92 Å². The number of unbranched alkanes of at least 4 members (excludes halogenated alkanes) is 8. The number of esters is 1. The Bertz CT molecular complexity index is 1440. The van der Waals surface area contributed by atoms with Crippen LogP contribution in [0.5, 0.6) is 5.75 Å². The van der Waals surface area contributed by atoms with Crippen molar-refractivity contribution in [3.63, 3.8) is 0 Å². The average molecular weight is 675 g/mol. The molecule has 1 atom stereocenters. The van der Waals surface area contributed by atoms with Gasteiger partial charge in [-0.05, 0) is 91.3 Å². The fraction of sp³-hybridized carbons (Fsp3) is 0.474. The predicted octanol–water partition coefficient (Wildman–Crippen LogP) is 10.7. The van der Waals surface area contributed by atoms with Gasteiger partial charge in [-0.25, -0.2) is 14.0 Å². The van der Waals surface area contributed by atoms with Crippen molar-refractivity contribution in [2.24, 2.45) is 0 Å². The Morgan fingerprint density at radius 2 is 1.40 bits per heavy atom. The number of carbonyl (C=O) groups excluding carboxylic acids is 1. The van der Waals surface area contributed by atoms with E-state index >= 15 is 4.39 Å². The maximum atomic E-state index is 15.4. The van der Waals surface area contributed by atoms with Gasteiger partial charge in [0.05, 0.1) is 17.7 Å². The molecule has 6 nitrogen and oxygen atoms in total. The Morgan fingerprint density at radius 1 is 0.750 bits per heavy atom. The third-order valence-electron chi connectivity index (χ3n) is 8.02. The summed E-state index contributed by atoms with van der Waals surface area (Å²) in [6.07, 6.45) is 1.50. The lowest BCUT2D eigenvalue weighted by atomic mass is 9.93. The standard InChI is InChI=1S/C38H46F4O6/c1-3-5-6-7-8-9-13-24-47-30-20-22-31(27-15-17-28(18-16-27)36(43)44)33(26-30)29-19-21-32(34(39)25-29)37(45)48-35(38(40,41)42)14-11-10-12-23-46-4-2/h15-22,25-26,35H,3-14,23-24H2,1-2H3,(H,43,44). The lowest BCUT2D eigenvalue weighted by Gasteiger charge is -2.21. The highest BCUT2D eigenvalue weighted by Crippen LogP contribution is 2.36. The molecular formula is C38H46F4O6. The van der Waals surface area contributed by atoms with Gasteiger partial charge in [-0.15, -0.1) is 0 Å². The molecule has 48 heavy (non-hydrogen) atoms. The van der Waals surface area contributed by atoms with E-state index in [1.54, 1.807) is 30.3 Å². The molecule has 0 amide bonds. The fourth-order valence-electron chi connectivity index (χ4n) is 5.33. The lowest BCUT2D eigenvalue weighted by molar-refractivity contribution is -0.206. The summed E-state index contributed by atoms with van der Waals surface area (Å²) < 4.78 is 72.5. The zero-order valence-electron chi connectivity index (χ0n) is 27.8. The van der Waals surface area contributed by atoms with Gasteiger partial charge in [0.15, 0.2) is 6.10 Å². The first-order valence-electron chi connectivity index (χ1n) is 16.8. The van der Waals surface area contributed by atoms with Crippen molar-refractivity contribution in [3.05, 3.63) is 77.6 Å². The monoisotopic (exact) mass is 674 g/mol. The van der Waals surface area contributed by atoms with Crippen molar-refractivity contribution in [2.45, 2.75) is 96.8 Å². The van der Waals surface area contributed by atoms with E-state index in [2.05, 4.69) is 6.92 Å². The van der Waals surface area contributed by atoms with E-state index in [0.717, 1.165) is 31.4 Å². The Balaban J connectivity index is 1.80. The molecule has 3 aromatic rings. The zero-order valence-corrected chi connectivity index (χ0v) is 27.8. The van der Waals surface area contributed by atoms with Crippen molar-refractivity contribution in [1.29, 1.82) is 0 Å². The molecule has 0 saturated heterocycles. The number of rotatable bonds is 21. The molecule has 0 aliphatic carbocycles. The first-order valence-corrected chi connectivity index (χ1v) is 16.8. The zero-order chi connectivity index (χ0) is 34.9. The number of halogens is 4. The molecule has 1 unspecified atom stereocenters. The number of ether oxygens (including phenoxy) is 3. The highest BCUT2D eigenvalue weighted by atomic mass is 19.4. The van der Waals surface area contributed by atoms with Gasteiger partial charge in [0.25, 0.3) is 0 Å². The normalized spacial score (nSPS) is 12.1. The van der Waals surface area contributed by atoms with E-state index in [0.29, 0.717) is 60.7 Å². The van der Waals surface area contributed by atoms with Crippen LogP contribution in [0.25, 0.3) is 22.3 Å². The number of alkyl halides is 3. The van der Waals surface area contributed by atoms with Crippen LogP contribution in [0.4, 0.5) is 17.6 Å². The first-order chi connectivity index (χ1) is 23.0. The minimum Gasteiger partial charge on any atom is -0.494 e. The number of hydrogen-bond acceptors (Lipinski definition) is 5. The van der Waals surface area contributed by atoms with E-state index in [1.165, 1.54) is 43.9 Å². The molecule has 0 spiro atoms. The highest BCUT2D eigenvalue weighted by molar-refractivity contribution is 5.92. The van der Waals surface area contributed by atoms with Gasteiger partial charge in [-0.2, -0.15) is 13.2 Å². The van der Waals surface area contributed by atoms with Gasteiger partial charge >= 0.3 is 18.1 Å². The summed E-state index contributed by atoms with van der Waals surface area (Å²) in [5.41, 5.74) is 1.69. The molecule has 0 fully saturated rings. The van der Waals surface area contributed by atoms with Crippen LogP contribution in [0.2, 0.25) is 0 Å². The summed E-state index contributed by atoms with van der Waals surface area (Å²) in [6.45, 7) is 5.46. The molecule has 0 bridgehead atoms. The SMILES string of the molecule is CCCCCCCCCOc1ccc(-c2ccc(C(=O)O)cc2)c(-c2ccc(C(=O)OC(CCCCCOCC)C(F)(F)F)c(F)c2)c1. The molecule has 3 aromatic carbocycles. The number of carboxylic acid groups (broad SMARTS) is 1. The summed E-state index contributed by atoms with van der Waals surface area (Å²) >= 11 is 0. The molecule has 0 radical (unpaired) electrons. The van der Waals surface area contributed by atoms with E-state index in [4.69, 9.17) is 14.2 Å². The van der Waals surface area contributed by atoms with Gasteiger partial charge in [0.2, 0.25) is 0 Å². The third kappa shape index (κ3) is 12.3. The van der Waals surface area contributed by atoms with Crippen molar-refractivity contribution < 1.29 is 46.5 Å². The van der Waals surface area contributed by atoms with E-state index < -0.39 is 42.0 Å². The highest BCUT2D eigenvalue weighted by Gasteiger charge is 2.42. The lowest BCUT2D eigenvalue weighted by Crippen LogP contribution is -2.34. The number of carbonyl (C=O) groups is 2. The third-order valence-corrected chi connectivity index (χ3v) is 8.02. The fourth-order valence-corrected chi connectivity index (χ4v) is 5.33. The topological polar surface area (TPSA) is 82.1 Å². The second-order valence-electron chi connectivity index (χ2n) is 11.7. The number of aromatic carboxylic acids is 1. The smallest absolute Gasteiger partial charge is 0.425 e. The summed E-state index contributed by atoms with van der Waals surface area (Å²) in [5.74, 6) is -2.96.